The Morgan fingerprint density at radius 3 is 2.65 bits per heavy atom. The molecule has 2 aromatic heterocycles. The van der Waals surface area contributed by atoms with Gasteiger partial charge in [-0.3, -0.25) is 0 Å². The molecule has 3 N–H and O–H groups in total. The quantitative estimate of drug-likeness (QED) is 0.831. The first-order valence-electron chi connectivity index (χ1n) is 7.82. The second-order valence-corrected chi connectivity index (χ2v) is 6.30. The molecule has 6 nitrogen and oxygen atoms in total. The summed E-state index contributed by atoms with van der Waals surface area (Å²) in [5.41, 5.74) is 6.53. The highest BCUT2D eigenvalue weighted by Crippen LogP contribution is 2.41. The minimum absolute atomic E-state index is 0.125. The zero-order valence-corrected chi connectivity index (χ0v) is 13.5. The summed E-state index contributed by atoms with van der Waals surface area (Å²) < 4.78 is 20.2. The van der Waals surface area contributed by atoms with Crippen LogP contribution in [0.25, 0.3) is 5.52 Å². The van der Waals surface area contributed by atoms with E-state index >= 15 is 0 Å². The Hall–Kier alpha value is -1.44. The predicted molar refractivity (Wildman–Crippen MR) is 85.0 cm³/mol. The number of aromatic nitrogens is 3. The monoisotopic (exact) mass is 342 g/mol. The van der Waals surface area contributed by atoms with Crippen molar-refractivity contribution >= 4 is 23.1 Å². The smallest absolute Gasteiger partial charge is 0.238 e. The van der Waals surface area contributed by atoms with Crippen LogP contribution in [0.1, 0.15) is 43.7 Å². The van der Waals surface area contributed by atoms with Gasteiger partial charge in [-0.1, -0.05) is 18.0 Å². The minimum atomic E-state index is -0.455. The van der Waals surface area contributed by atoms with E-state index in [-0.39, 0.29) is 17.1 Å². The number of hydrogen-bond donors (Lipinski definition) is 2. The summed E-state index contributed by atoms with van der Waals surface area (Å²) in [5, 5.41) is 13.0. The Bertz CT molecular complexity index is 684. The fraction of sp³-hybridized carbons (Fsp3) is 0.600. The predicted octanol–water partition coefficient (Wildman–Crippen LogP) is 2.53. The fourth-order valence-corrected chi connectivity index (χ4v) is 3.10. The van der Waals surface area contributed by atoms with Gasteiger partial charge in [0.25, 0.3) is 0 Å². The van der Waals surface area contributed by atoms with Crippen LogP contribution in [0.15, 0.2) is 6.20 Å². The van der Waals surface area contributed by atoms with Gasteiger partial charge in [0.05, 0.1) is 24.6 Å². The number of ether oxygens (including phenoxy) is 1. The molecule has 1 saturated heterocycles. The molecule has 126 valence electrons. The number of hydrogen-bond acceptors (Lipinski definition) is 5. The van der Waals surface area contributed by atoms with Crippen LogP contribution < -0.4 is 5.73 Å². The number of anilines is 1. The maximum absolute atomic E-state index is 13.8. The van der Waals surface area contributed by atoms with E-state index in [1.807, 2.05) is 0 Å². The SMILES string of the molecule is Nc1ncc2c(F)c(Cl)c(C3CCC3)n2n1.OC1CCCOC1. The van der Waals surface area contributed by atoms with E-state index < -0.39 is 5.82 Å². The maximum atomic E-state index is 13.8. The summed E-state index contributed by atoms with van der Waals surface area (Å²) in [5.74, 6) is -0.0397. The van der Waals surface area contributed by atoms with Crippen LogP contribution in [0.2, 0.25) is 5.02 Å². The molecule has 1 aliphatic heterocycles. The molecule has 0 amide bonds. The van der Waals surface area contributed by atoms with E-state index in [2.05, 4.69) is 10.1 Å². The molecule has 0 radical (unpaired) electrons. The van der Waals surface area contributed by atoms with Gasteiger partial charge in [-0.2, -0.15) is 0 Å². The molecule has 2 fully saturated rings. The molecule has 1 aliphatic carbocycles. The third-order valence-electron chi connectivity index (χ3n) is 4.25. The van der Waals surface area contributed by atoms with E-state index in [4.69, 9.17) is 27.2 Å². The van der Waals surface area contributed by atoms with E-state index in [9.17, 15) is 4.39 Å². The number of nitrogens with zero attached hydrogens (tertiary/aromatic N) is 3. The molecular weight excluding hydrogens is 323 g/mol. The number of aliphatic hydroxyl groups excluding tert-OH is 1. The lowest BCUT2D eigenvalue weighted by Gasteiger charge is -2.25. The molecule has 1 unspecified atom stereocenters. The number of nitrogen functional groups attached to an aromatic ring is 1. The van der Waals surface area contributed by atoms with E-state index in [1.54, 1.807) is 0 Å². The lowest BCUT2D eigenvalue weighted by atomic mass is 9.83. The van der Waals surface area contributed by atoms with Crippen LogP contribution in [0.5, 0.6) is 0 Å². The standard InChI is InChI=1S/C10H10ClFN4.C5H10O2/c11-7-8(12)6-4-14-10(13)15-16(6)9(7)5-2-1-3-5;6-5-2-1-3-7-4-5/h4-5H,1-3H2,(H2,13,15);5-6H,1-4H2. The first kappa shape index (κ1) is 16.4. The number of nitrogens with two attached hydrogens (primary N) is 1. The molecule has 0 spiro atoms. The van der Waals surface area contributed by atoms with Gasteiger partial charge in [-0.15, -0.1) is 5.10 Å². The molecule has 0 bridgehead atoms. The Kier molecular flexibility index (Phi) is 4.99. The van der Waals surface area contributed by atoms with Crippen LogP contribution in [0.3, 0.4) is 0 Å². The maximum Gasteiger partial charge on any atom is 0.238 e. The Morgan fingerprint density at radius 2 is 2.13 bits per heavy atom. The summed E-state index contributed by atoms with van der Waals surface area (Å²) in [4.78, 5) is 3.77. The van der Waals surface area contributed by atoms with Gasteiger partial charge in [-0.25, -0.2) is 13.9 Å². The molecule has 8 heteroatoms. The Morgan fingerprint density at radius 1 is 1.35 bits per heavy atom. The van der Waals surface area contributed by atoms with Crippen LogP contribution in [-0.2, 0) is 4.74 Å². The highest BCUT2D eigenvalue weighted by Gasteiger charge is 2.29. The molecule has 4 rings (SSSR count). The lowest BCUT2D eigenvalue weighted by Crippen LogP contribution is -2.21. The minimum Gasteiger partial charge on any atom is -0.391 e. The fourth-order valence-electron chi connectivity index (χ4n) is 2.77. The number of aliphatic hydroxyl groups is 1. The summed E-state index contributed by atoms with van der Waals surface area (Å²) in [6.07, 6.45) is 6.31. The van der Waals surface area contributed by atoms with Crippen molar-refractivity contribution in [2.24, 2.45) is 0 Å². The van der Waals surface area contributed by atoms with Gasteiger partial charge in [0, 0.05) is 12.5 Å². The normalized spacial score (nSPS) is 21.6. The molecule has 3 heterocycles. The van der Waals surface area contributed by atoms with Gasteiger partial charge >= 0.3 is 0 Å². The van der Waals surface area contributed by atoms with Crippen molar-refractivity contribution in [2.45, 2.75) is 44.1 Å². The van der Waals surface area contributed by atoms with Crippen LogP contribution in [-0.4, -0.2) is 39.0 Å². The highest BCUT2D eigenvalue weighted by molar-refractivity contribution is 6.32. The third-order valence-corrected chi connectivity index (χ3v) is 4.61. The summed E-state index contributed by atoms with van der Waals surface area (Å²) in [7, 11) is 0. The summed E-state index contributed by atoms with van der Waals surface area (Å²) in [6.45, 7) is 1.37. The summed E-state index contributed by atoms with van der Waals surface area (Å²) >= 11 is 5.99. The Balaban J connectivity index is 0.000000188. The third kappa shape index (κ3) is 3.41. The van der Waals surface area contributed by atoms with Crippen molar-refractivity contribution in [3.05, 3.63) is 22.7 Å². The molecule has 1 atom stereocenters. The molecule has 1 saturated carbocycles. The van der Waals surface area contributed by atoms with E-state index in [0.29, 0.717) is 18.0 Å². The second kappa shape index (κ2) is 6.98. The molecule has 2 aliphatic rings. The van der Waals surface area contributed by atoms with Crippen molar-refractivity contribution in [2.75, 3.05) is 18.9 Å². The highest BCUT2D eigenvalue weighted by atomic mass is 35.5. The zero-order valence-electron chi connectivity index (χ0n) is 12.7. The molecular formula is C15H20ClFN4O2. The van der Waals surface area contributed by atoms with Crippen molar-refractivity contribution < 1.29 is 14.2 Å². The average molecular weight is 343 g/mol. The number of halogens is 2. The number of rotatable bonds is 1. The van der Waals surface area contributed by atoms with Crippen LogP contribution >= 0.6 is 11.6 Å². The second-order valence-electron chi connectivity index (χ2n) is 5.93. The van der Waals surface area contributed by atoms with Crippen LogP contribution in [0.4, 0.5) is 10.3 Å². The largest absolute Gasteiger partial charge is 0.391 e. The topological polar surface area (TPSA) is 85.7 Å². The van der Waals surface area contributed by atoms with Gasteiger partial charge in [-0.05, 0) is 25.7 Å². The lowest BCUT2D eigenvalue weighted by molar-refractivity contribution is -0.00535. The average Bonchev–Trinajstić information content (AvgIpc) is 2.72. The van der Waals surface area contributed by atoms with Gasteiger partial charge in [0.2, 0.25) is 5.95 Å². The first-order chi connectivity index (χ1) is 11.1. The number of fused-ring (bicyclic) bond motifs is 1. The van der Waals surface area contributed by atoms with E-state index in [0.717, 1.165) is 44.4 Å². The van der Waals surface area contributed by atoms with Gasteiger partial charge < -0.3 is 15.6 Å². The molecule has 2 aromatic rings. The van der Waals surface area contributed by atoms with Gasteiger partial charge in [0.1, 0.15) is 10.5 Å². The van der Waals surface area contributed by atoms with Crippen molar-refractivity contribution in [3.8, 4) is 0 Å². The van der Waals surface area contributed by atoms with Gasteiger partial charge in [0.15, 0.2) is 5.82 Å². The first-order valence-corrected chi connectivity index (χ1v) is 8.19. The zero-order chi connectivity index (χ0) is 16.4. The summed E-state index contributed by atoms with van der Waals surface area (Å²) in [6, 6.07) is 0. The Labute approximate surface area is 138 Å². The van der Waals surface area contributed by atoms with Crippen molar-refractivity contribution in [1.82, 2.24) is 14.6 Å². The molecule has 23 heavy (non-hydrogen) atoms. The van der Waals surface area contributed by atoms with Crippen molar-refractivity contribution in [3.63, 3.8) is 0 Å². The molecule has 0 aromatic carbocycles. The van der Waals surface area contributed by atoms with Crippen LogP contribution in [0, 0.1) is 5.82 Å². The van der Waals surface area contributed by atoms with Crippen molar-refractivity contribution in [1.29, 1.82) is 0 Å². The van der Waals surface area contributed by atoms with E-state index in [1.165, 1.54) is 10.7 Å².